The molecular formula is C13H14FN3O3. The van der Waals surface area contributed by atoms with Crippen LogP contribution in [0.15, 0.2) is 28.9 Å². The lowest BCUT2D eigenvalue weighted by atomic mass is 10.3. The molecule has 1 aromatic carbocycles. The molecule has 0 aliphatic carbocycles. The number of hydrogen-bond donors (Lipinski definition) is 1. The SMILES string of the molecule is Cc1nonc1CNC(=O)[C@H](C)Oc1cccc(F)c1. The summed E-state index contributed by atoms with van der Waals surface area (Å²) >= 11 is 0. The molecule has 2 aromatic rings. The van der Waals surface area contributed by atoms with Gasteiger partial charge in [-0.1, -0.05) is 16.4 Å². The third-order valence-electron chi connectivity index (χ3n) is 2.65. The lowest BCUT2D eigenvalue weighted by Crippen LogP contribution is -2.36. The lowest BCUT2D eigenvalue weighted by molar-refractivity contribution is -0.127. The molecule has 0 bridgehead atoms. The van der Waals surface area contributed by atoms with Crippen LogP contribution in [0.5, 0.6) is 5.75 Å². The fourth-order valence-electron chi connectivity index (χ4n) is 1.52. The second kappa shape index (κ2) is 6.14. The number of carbonyl (C=O) groups excluding carboxylic acids is 1. The zero-order chi connectivity index (χ0) is 14.5. The summed E-state index contributed by atoms with van der Waals surface area (Å²) in [6.07, 6.45) is -0.753. The molecule has 1 heterocycles. The molecular weight excluding hydrogens is 265 g/mol. The van der Waals surface area contributed by atoms with Crippen molar-refractivity contribution in [3.8, 4) is 5.75 Å². The van der Waals surface area contributed by atoms with Gasteiger partial charge in [0.2, 0.25) is 0 Å². The number of aromatic nitrogens is 2. The first kappa shape index (κ1) is 14.0. The normalized spacial score (nSPS) is 11.9. The lowest BCUT2D eigenvalue weighted by Gasteiger charge is -2.14. The van der Waals surface area contributed by atoms with E-state index in [2.05, 4.69) is 20.3 Å². The van der Waals surface area contributed by atoms with Gasteiger partial charge in [-0.05, 0) is 26.0 Å². The summed E-state index contributed by atoms with van der Waals surface area (Å²) < 4.78 is 22.9. The Kier molecular flexibility index (Phi) is 4.29. The van der Waals surface area contributed by atoms with Crippen molar-refractivity contribution in [3.05, 3.63) is 41.5 Å². The van der Waals surface area contributed by atoms with E-state index in [0.717, 1.165) is 0 Å². The first-order valence-corrected chi connectivity index (χ1v) is 6.04. The third kappa shape index (κ3) is 3.53. The molecule has 1 aromatic heterocycles. The summed E-state index contributed by atoms with van der Waals surface area (Å²) in [5.41, 5.74) is 1.17. The first-order valence-electron chi connectivity index (χ1n) is 6.04. The summed E-state index contributed by atoms with van der Waals surface area (Å²) in [5.74, 6) is -0.456. The van der Waals surface area contributed by atoms with Crippen molar-refractivity contribution < 1.29 is 18.6 Å². The molecule has 0 saturated carbocycles. The van der Waals surface area contributed by atoms with Crippen LogP contribution in [0.4, 0.5) is 4.39 Å². The minimum Gasteiger partial charge on any atom is -0.481 e. The van der Waals surface area contributed by atoms with E-state index in [4.69, 9.17) is 4.74 Å². The van der Waals surface area contributed by atoms with Gasteiger partial charge in [0.25, 0.3) is 5.91 Å². The predicted octanol–water partition coefficient (Wildman–Crippen LogP) is 1.60. The molecule has 0 spiro atoms. The number of amides is 1. The van der Waals surface area contributed by atoms with Crippen LogP contribution in [-0.2, 0) is 11.3 Å². The minimum atomic E-state index is -0.753. The fraction of sp³-hybridized carbons (Fsp3) is 0.308. The monoisotopic (exact) mass is 279 g/mol. The van der Waals surface area contributed by atoms with Crippen molar-refractivity contribution in [2.45, 2.75) is 26.5 Å². The van der Waals surface area contributed by atoms with Gasteiger partial charge in [-0.25, -0.2) is 9.02 Å². The summed E-state index contributed by atoms with van der Waals surface area (Å²) in [4.78, 5) is 11.8. The molecule has 2 rings (SSSR count). The molecule has 7 heteroatoms. The number of hydrogen-bond acceptors (Lipinski definition) is 5. The quantitative estimate of drug-likeness (QED) is 0.899. The van der Waals surface area contributed by atoms with Crippen LogP contribution in [0.2, 0.25) is 0 Å². The zero-order valence-electron chi connectivity index (χ0n) is 11.1. The molecule has 0 fully saturated rings. The topological polar surface area (TPSA) is 77.3 Å². The van der Waals surface area contributed by atoms with E-state index in [1.54, 1.807) is 19.9 Å². The van der Waals surface area contributed by atoms with E-state index in [1.807, 2.05) is 0 Å². The summed E-state index contributed by atoms with van der Waals surface area (Å²) in [6, 6.07) is 5.62. The number of rotatable bonds is 5. The second-order valence-corrected chi connectivity index (χ2v) is 4.23. The molecule has 106 valence electrons. The van der Waals surface area contributed by atoms with Crippen LogP contribution in [0.25, 0.3) is 0 Å². The Morgan fingerprint density at radius 3 is 2.95 bits per heavy atom. The Balaban J connectivity index is 1.87. The number of aryl methyl sites for hydroxylation is 1. The smallest absolute Gasteiger partial charge is 0.261 e. The van der Waals surface area contributed by atoms with Crippen LogP contribution in [-0.4, -0.2) is 22.3 Å². The van der Waals surface area contributed by atoms with Crippen LogP contribution in [0.1, 0.15) is 18.3 Å². The number of ether oxygens (including phenoxy) is 1. The van der Waals surface area contributed by atoms with Crippen molar-refractivity contribution in [2.24, 2.45) is 0 Å². The van der Waals surface area contributed by atoms with Gasteiger partial charge in [-0.3, -0.25) is 4.79 Å². The fourth-order valence-corrected chi connectivity index (χ4v) is 1.52. The number of nitrogens with zero attached hydrogens (tertiary/aromatic N) is 2. The first-order chi connectivity index (χ1) is 9.56. The van der Waals surface area contributed by atoms with E-state index in [-0.39, 0.29) is 12.5 Å². The Hall–Kier alpha value is -2.44. The Morgan fingerprint density at radius 1 is 1.50 bits per heavy atom. The highest BCUT2D eigenvalue weighted by Crippen LogP contribution is 2.13. The molecule has 0 saturated heterocycles. The second-order valence-electron chi connectivity index (χ2n) is 4.23. The molecule has 0 unspecified atom stereocenters. The minimum absolute atomic E-state index is 0.199. The van der Waals surface area contributed by atoms with Crippen molar-refractivity contribution in [1.82, 2.24) is 15.6 Å². The van der Waals surface area contributed by atoms with Gasteiger partial charge < -0.3 is 10.1 Å². The van der Waals surface area contributed by atoms with Gasteiger partial charge in [-0.2, -0.15) is 0 Å². The Bertz CT molecular complexity index is 600. The van der Waals surface area contributed by atoms with Gasteiger partial charge in [0.15, 0.2) is 6.10 Å². The maximum atomic E-state index is 13.0. The highest BCUT2D eigenvalue weighted by molar-refractivity contribution is 5.80. The van der Waals surface area contributed by atoms with Crippen molar-refractivity contribution in [1.29, 1.82) is 0 Å². The Morgan fingerprint density at radius 2 is 2.30 bits per heavy atom. The van der Waals surface area contributed by atoms with Crippen molar-refractivity contribution >= 4 is 5.91 Å². The van der Waals surface area contributed by atoms with Gasteiger partial charge in [-0.15, -0.1) is 0 Å². The standard InChI is InChI=1S/C13H14FN3O3/c1-8-12(17-20-16-8)7-15-13(18)9(2)19-11-5-3-4-10(14)6-11/h3-6,9H,7H2,1-2H3,(H,15,18)/t9-/m0/s1. The molecule has 1 atom stereocenters. The zero-order valence-corrected chi connectivity index (χ0v) is 11.1. The van der Waals surface area contributed by atoms with Crippen LogP contribution in [0.3, 0.4) is 0 Å². The van der Waals surface area contributed by atoms with Crippen molar-refractivity contribution in [3.63, 3.8) is 0 Å². The van der Waals surface area contributed by atoms with Crippen LogP contribution >= 0.6 is 0 Å². The molecule has 1 N–H and O–H groups in total. The maximum Gasteiger partial charge on any atom is 0.261 e. The molecule has 0 radical (unpaired) electrons. The Labute approximate surface area is 114 Å². The van der Waals surface area contributed by atoms with Gasteiger partial charge in [0, 0.05) is 6.07 Å². The summed E-state index contributed by atoms with van der Waals surface area (Å²) in [6.45, 7) is 3.50. The highest BCUT2D eigenvalue weighted by Gasteiger charge is 2.16. The predicted molar refractivity (Wildman–Crippen MR) is 67.4 cm³/mol. The summed E-state index contributed by atoms with van der Waals surface area (Å²) in [5, 5.41) is 9.90. The number of carbonyl (C=O) groups is 1. The number of nitrogens with one attached hydrogen (secondary N) is 1. The molecule has 1 amide bonds. The van der Waals surface area contributed by atoms with E-state index in [9.17, 15) is 9.18 Å². The number of halogens is 1. The summed E-state index contributed by atoms with van der Waals surface area (Å²) in [7, 11) is 0. The van der Waals surface area contributed by atoms with Gasteiger partial charge in [0.05, 0.1) is 6.54 Å². The van der Waals surface area contributed by atoms with Gasteiger partial charge >= 0.3 is 0 Å². The molecule has 6 nitrogen and oxygen atoms in total. The average Bonchev–Trinajstić information content (AvgIpc) is 2.81. The van der Waals surface area contributed by atoms with Gasteiger partial charge in [0.1, 0.15) is 23.0 Å². The average molecular weight is 279 g/mol. The largest absolute Gasteiger partial charge is 0.481 e. The number of benzene rings is 1. The molecule has 0 aliphatic heterocycles. The van der Waals surface area contributed by atoms with Crippen molar-refractivity contribution in [2.75, 3.05) is 0 Å². The van der Waals surface area contributed by atoms with E-state index >= 15 is 0 Å². The third-order valence-corrected chi connectivity index (χ3v) is 2.65. The molecule has 0 aliphatic rings. The van der Waals surface area contributed by atoms with E-state index in [1.165, 1.54) is 18.2 Å². The van der Waals surface area contributed by atoms with E-state index < -0.39 is 11.9 Å². The highest BCUT2D eigenvalue weighted by atomic mass is 19.1. The molecule has 20 heavy (non-hydrogen) atoms. The van der Waals surface area contributed by atoms with E-state index in [0.29, 0.717) is 17.1 Å². The van der Waals surface area contributed by atoms with Crippen LogP contribution < -0.4 is 10.1 Å². The van der Waals surface area contributed by atoms with Crippen LogP contribution in [0, 0.1) is 12.7 Å². The maximum absolute atomic E-state index is 13.0.